The third kappa shape index (κ3) is 2.08. The quantitative estimate of drug-likeness (QED) is 0.661. The van der Waals surface area contributed by atoms with Crippen LogP contribution in [0.1, 0.15) is 44.9 Å². The number of carbonyl (C=O) groups is 1. The number of nitrogens with two attached hydrogens (primary N) is 1. The van der Waals surface area contributed by atoms with Gasteiger partial charge < -0.3 is 11.1 Å². The molecule has 2 atom stereocenters. The molecule has 1 aliphatic heterocycles. The van der Waals surface area contributed by atoms with Crippen LogP contribution in [-0.2, 0) is 4.79 Å². The van der Waals surface area contributed by atoms with Crippen LogP contribution in [0.25, 0.3) is 0 Å². The van der Waals surface area contributed by atoms with Gasteiger partial charge in [-0.3, -0.25) is 4.79 Å². The molecule has 1 aliphatic carbocycles. The fourth-order valence-corrected chi connectivity index (χ4v) is 2.80. The standard InChI is InChI=1S/C11H20N2O/c12-9-6-7-10(14)13-11(9)8-4-2-1-3-5-8/h8-9,11H,1-7,12H2,(H,13,14)/t9-,11+/m1/s1. The zero-order valence-electron chi connectivity index (χ0n) is 8.67. The summed E-state index contributed by atoms with van der Waals surface area (Å²) in [6.07, 6.45) is 7.95. The number of rotatable bonds is 1. The van der Waals surface area contributed by atoms with E-state index in [9.17, 15) is 4.79 Å². The molecule has 3 nitrogen and oxygen atoms in total. The van der Waals surface area contributed by atoms with Gasteiger partial charge in [-0.05, 0) is 25.2 Å². The van der Waals surface area contributed by atoms with E-state index in [-0.39, 0.29) is 18.0 Å². The molecule has 0 aromatic carbocycles. The lowest BCUT2D eigenvalue weighted by Crippen LogP contribution is -2.55. The molecular weight excluding hydrogens is 176 g/mol. The minimum absolute atomic E-state index is 0.191. The van der Waals surface area contributed by atoms with E-state index in [1.54, 1.807) is 0 Å². The lowest BCUT2D eigenvalue weighted by molar-refractivity contribution is -0.124. The number of piperidine rings is 1. The van der Waals surface area contributed by atoms with Gasteiger partial charge in [0.15, 0.2) is 0 Å². The van der Waals surface area contributed by atoms with E-state index in [0.29, 0.717) is 12.3 Å². The predicted octanol–water partition coefficient (Wildman–Crippen LogP) is 1.17. The van der Waals surface area contributed by atoms with Crippen LogP contribution in [-0.4, -0.2) is 18.0 Å². The summed E-state index contributed by atoms with van der Waals surface area (Å²) < 4.78 is 0. The van der Waals surface area contributed by atoms with E-state index >= 15 is 0 Å². The zero-order valence-corrected chi connectivity index (χ0v) is 8.67. The predicted molar refractivity (Wildman–Crippen MR) is 55.7 cm³/mol. The average molecular weight is 196 g/mol. The first kappa shape index (κ1) is 9.97. The highest BCUT2D eigenvalue weighted by molar-refractivity contribution is 5.77. The van der Waals surface area contributed by atoms with Crippen molar-refractivity contribution in [2.24, 2.45) is 11.7 Å². The molecule has 14 heavy (non-hydrogen) atoms. The number of amides is 1. The Hall–Kier alpha value is -0.570. The van der Waals surface area contributed by atoms with E-state index in [0.717, 1.165) is 6.42 Å². The van der Waals surface area contributed by atoms with Gasteiger partial charge in [0.05, 0.1) is 0 Å². The Morgan fingerprint density at radius 3 is 2.57 bits per heavy atom. The highest BCUT2D eigenvalue weighted by Crippen LogP contribution is 2.29. The first-order valence-electron chi connectivity index (χ1n) is 5.82. The van der Waals surface area contributed by atoms with Gasteiger partial charge in [0.25, 0.3) is 0 Å². The van der Waals surface area contributed by atoms with Crippen molar-refractivity contribution < 1.29 is 4.79 Å². The summed E-state index contributed by atoms with van der Waals surface area (Å²) >= 11 is 0. The maximum absolute atomic E-state index is 11.3. The Labute approximate surface area is 85.4 Å². The maximum Gasteiger partial charge on any atom is 0.220 e. The van der Waals surface area contributed by atoms with Gasteiger partial charge in [0, 0.05) is 18.5 Å². The Morgan fingerprint density at radius 1 is 1.14 bits per heavy atom. The third-order valence-corrected chi connectivity index (χ3v) is 3.65. The number of nitrogens with one attached hydrogen (secondary N) is 1. The highest BCUT2D eigenvalue weighted by Gasteiger charge is 2.32. The van der Waals surface area contributed by atoms with Crippen molar-refractivity contribution in [2.45, 2.75) is 57.0 Å². The molecule has 0 unspecified atom stereocenters. The molecule has 1 heterocycles. The number of hydrogen-bond acceptors (Lipinski definition) is 2. The van der Waals surface area contributed by atoms with E-state index in [1.165, 1.54) is 32.1 Å². The van der Waals surface area contributed by atoms with Crippen LogP contribution in [0.4, 0.5) is 0 Å². The summed E-state index contributed by atoms with van der Waals surface area (Å²) in [6, 6.07) is 0.451. The molecular formula is C11H20N2O. The molecule has 0 aromatic rings. The van der Waals surface area contributed by atoms with Gasteiger partial charge >= 0.3 is 0 Å². The summed E-state index contributed by atoms with van der Waals surface area (Å²) in [5.41, 5.74) is 6.06. The number of carbonyl (C=O) groups excluding carboxylic acids is 1. The molecule has 2 rings (SSSR count). The number of hydrogen-bond donors (Lipinski definition) is 2. The topological polar surface area (TPSA) is 55.1 Å². The van der Waals surface area contributed by atoms with E-state index in [2.05, 4.69) is 5.32 Å². The molecule has 3 heteroatoms. The Morgan fingerprint density at radius 2 is 1.86 bits per heavy atom. The highest BCUT2D eigenvalue weighted by atomic mass is 16.1. The fraction of sp³-hybridized carbons (Fsp3) is 0.909. The molecule has 0 spiro atoms. The fourth-order valence-electron chi connectivity index (χ4n) is 2.80. The van der Waals surface area contributed by atoms with Crippen LogP contribution in [0.3, 0.4) is 0 Å². The van der Waals surface area contributed by atoms with E-state index < -0.39 is 0 Å². The monoisotopic (exact) mass is 196 g/mol. The summed E-state index contributed by atoms with van der Waals surface area (Å²) in [6.45, 7) is 0. The van der Waals surface area contributed by atoms with Crippen molar-refractivity contribution in [3.05, 3.63) is 0 Å². The first-order valence-corrected chi connectivity index (χ1v) is 5.82. The molecule has 1 saturated heterocycles. The summed E-state index contributed by atoms with van der Waals surface area (Å²) in [7, 11) is 0. The van der Waals surface area contributed by atoms with E-state index in [1.807, 2.05) is 0 Å². The van der Waals surface area contributed by atoms with Crippen molar-refractivity contribution in [3.63, 3.8) is 0 Å². The second-order valence-electron chi connectivity index (χ2n) is 4.69. The minimum atomic E-state index is 0.191. The van der Waals surface area contributed by atoms with Crippen LogP contribution in [0, 0.1) is 5.92 Å². The Balaban J connectivity index is 1.95. The average Bonchev–Trinajstić information content (AvgIpc) is 2.23. The molecule has 0 bridgehead atoms. The summed E-state index contributed by atoms with van der Waals surface area (Å²) in [5.74, 6) is 0.838. The summed E-state index contributed by atoms with van der Waals surface area (Å²) in [5, 5.41) is 3.07. The van der Waals surface area contributed by atoms with Crippen LogP contribution < -0.4 is 11.1 Å². The van der Waals surface area contributed by atoms with Crippen LogP contribution in [0.15, 0.2) is 0 Å². The second-order valence-corrected chi connectivity index (χ2v) is 4.69. The summed E-state index contributed by atoms with van der Waals surface area (Å²) in [4.78, 5) is 11.3. The normalized spacial score (nSPS) is 35.4. The Bertz CT molecular complexity index is 211. The van der Waals surface area contributed by atoms with Crippen LogP contribution >= 0.6 is 0 Å². The van der Waals surface area contributed by atoms with Crippen molar-refractivity contribution >= 4 is 5.91 Å². The van der Waals surface area contributed by atoms with E-state index in [4.69, 9.17) is 5.73 Å². The lowest BCUT2D eigenvalue weighted by atomic mass is 9.79. The molecule has 2 aliphatic rings. The van der Waals surface area contributed by atoms with Gasteiger partial charge in [0.1, 0.15) is 0 Å². The van der Waals surface area contributed by atoms with Crippen molar-refractivity contribution in [1.29, 1.82) is 0 Å². The molecule has 0 radical (unpaired) electrons. The maximum atomic E-state index is 11.3. The lowest BCUT2D eigenvalue weighted by Gasteiger charge is -2.37. The van der Waals surface area contributed by atoms with Crippen molar-refractivity contribution in [3.8, 4) is 0 Å². The van der Waals surface area contributed by atoms with Gasteiger partial charge in [-0.2, -0.15) is 0 Å². The molecule has 0 aromatic heterocycles. The smallest absolute Gasteiger partial charge is 0.220 e. The molecule has 1 saturated carbocycles. The van der Waals surface area contributed by atoms with Crippen molar-refractivity contribution in [2.75, 3.05) is 0 Å². The van der Waals surface area contributed by atoms with Crippen LogP contribution in [0.5, 0.6) is 0 Å². The van der Waals surface area contributed by atoms with Gasteiger partial charge in [-0.25, -0.2) is 0 Å². The SMILES string of the molecule is N[C@@H]1CCC(=O)N[C@H]1C1CCCCC1. The molecule has 3 N–H and O–H groups in total. The largest absolute Gasteiger partial charge is 0.352 e. The van der Waals surface area contributed by atoms with Gasteiger partial charge in [-0.15, -0.1) is 0 Å². The molecule has 80 valence electrons. The van der Waals surface area contributed by atoms with Gasteiger partial charge in [-0.1, -0.05) is 19.3 Å². The second kappa shape index (κ2) is 4.30. The van der Waals surface area contributed by atoms with Crippen LogP contribution in [0.2, 0.25) is 0 Å². The zero-order chi connectivity index (χ0) is 9.97. The van der Waals surface area contributed by atoms with Gasteiger partial charge in [0.2, 0.25) is 5.91 Å². The third-order valence-electron chi connectivity index (χ3n) is 3.65. The first-order chi connectivity index (χ1) is 6.77. The minimum Gasteiger partial charge on any atom is -0.352 e. The van der Waals surface area contributed by atoms with Crippen molar-refractivity contribution in [1.82, 2.24) is 5.32 Å². The molecule has 2 fully saturated rings. The Kier molecular flexibility index (Phi) is 3.06. The molecule has 1 amide bonds.